The average molecular weight is 1510 g/mol. The van der Waals surface area contributed by atoms with E-state index in [1.54, 1.807) is 19.9 Å². The van der Waals surface area contributed by atoms with E-state index in [4.69, 9.17) is 4.42 Å². The van der Waals surface area contributed by atoms with Crippen LogP contribution in [0.25, 0.3) is 66.7 Å². The Morgan fingerprint density at radius 1 is 0.369 bits per heavy atom. The minimum Gasteiger partial charge on any atom is -0.408 e. The molecule has 0 radical (unpaired) electrons. The number of nitrogens with zero attached hydrogens (tertiary/aromatic N) is 15. The molecule has 1 aliphatic rings. The number of imidazole rings is 4. The van der Waals surface area contributed by atoms with Gasteiger partial charge in [0, 0.05) is 66.1 Å². The van der Waals surface area contributed by atoms with Crippen LogP contribution in [0.4, 0.5) is 10.5 Å². The molecular weight excluding hydrogens is 1390 g/mol. The largest absolute Gasteiger partial charge is 0.420 e. The zero-order valence-electron chi connectivity index (χ0n) is 71.2. The molecule has 10 heterocycles. The maximum atomic E-state index is 11.9. The number of fused-ring (bicyclic) bond motifs is 7. The first-order valence-electron chi connectivity index (χ1n) is 39.8. The summed E-state index contributed by atoms with van der Waals surface area (Å²) in [4.78, 5) is 87.0. The van der Waals surface area contributed by atoms with Crippen molar-refractivity contribution in [3.05, 3.63) is 205 Å². The quantitative estimate of drug-likeness (QED) is 0.103. The number of nitrogens with one attached hydrogen (secondary N) is 2. The van der Waals surface area contributed by atoms with Gasteiger partial charge in [-0.2, -0.15) is 0 Å². The smallest absolute Gasteiger partial charge is 0.408 e. The number of urea groups is 1. The lowest BCUT2D eigenvalue weighted by Gasteiger charge is -2.33. The second kappa shape index (κ2) is 37.6. The molecule has 9 aromatic heterocycles. The molecule has 22 heteroatoms. The SMILES string of the molecule is CC(C)c1ccc2[nH]c(=O)n(C(C)C)c2n1.CC(C)c1ccc2c(c1)N(C(C)C)C(=O)NC2.CC(C)c1ccc2ncc(=O)n(C(C)C)c2c1.CC(C)c1ccc2ncn(C(C)C)c2c1.CC(C)c1ccc2ncn(C(C)C)c2n1.CC(C)c1ccc2oc(=O)n(C(C)C)c2c1.CC(C)c1ncc2ncn(C(C)C)c2n1. The summed E-state index contributed by atoms with van der Waals surface area (Å²) < 4.78 is 16.8. The number of hydrogen-bond acceptors (Lipinski definition) is 13. The van der Waals surface area contributed by atoms with Gasteiger partial charge >= 0.3 is 17.5 Å². The lowest BCUT2D eigenvalue weighted by molar-refractivity contribution is 0.243. The Kier molecular flexibility index (Phi) is 29.2. The van der Waals surface area contributed by atoms with Gasteiger partial charge in [0.1, 0.15) is 16.9 Å². The molecule has 594 valence electrons. The number of aromatic nitrogens is 15. The van der Waals surface area contributed by atoms with Crippen LogP contribution in [0.5, 0.6) is 0 Å². The van der Waals surface area contributed by atoms with Crippen LogP contribution in [0, 0.1) is 0 Å². The molecule has 2 N–H and O–H groups in total. The van der Waals surface area contributed by atoms with Crippen LogP contribution in [0.1, 0.15) is 317 Å². The van der Waals surface area contributed by atoms with E-state index in [0.29, 0.717) is 71.7 Å². The maximum Gasteiger partial charge on any atom is 0.420 e. The fourth-order valence-corrected chi connectivity index (χ4v) is 12.9. The zero-order chi connectivity index (χ0) is 81.9. The van der Waals surface area contributed by atoms with Crippen LogP contribution >= 0.6 is 0 Å². The van der Waals surface area contributed by atoms with Crippen molar-refractivity contribution >= 4 is 78.4 Å². The van der Waals surface area contributed by atoms with Gasteiger partial charge in [0.25, 0.3) is 5.56 Å². The Hall–Kier alpha value is -10.4. The highest BCUT2D eigenvalue weighted by molar-refractivity contribution is 5.95. The molecule has 2 amide bonds. The summed E-state index contributed by atoms with van der Waals surface area (Å²) in [6, 6.07) is 34.9. The van der Waals surface area contributed by atoms with Gasteiger partial charge in [-0.25, -0.2) is 54.3 Å². The molecule has 0 aliphatic carbocycles. The minimum atomic E-state index is -0.272. The fraction of sp³-hybridized carbons (Fsp3) is 0.483. The van der Waals surface area contributed by atoms with Crippen molar-refractivity contribution in [2.45, 2.75) is 284 Å². The van der Waals surface area contributed by atoms with E-state index in [0.717, 1.165) is 78.5 Å². The van der Waals surface area contributed by atoms with Gasteiger partial charge in [0.05, 0.1) is 70.2 Å². The van der Waals surface area contributed by atoms with E-state index in [1.807, 2.05) is 116 Å². The standard InChI is InChI=1S/C14H18N2O.C14H20N2O.C13H18N2.C13H17NO2.C12H17N3O.C12H17N3.C11H16N4/c1-9(2)11-5-6-12-13(7-11)16(10(3)4)14(17)8-15-12;1-9(2)11-5-6-12-8-15-14(17)16(10(3)4)13(12)7-11;1-9(2)11-5-6-12-13(7-11)15(8-14-12)10(3)4;1-8(2)10-5-6-12-11(7-10)14(9(3)4)13(15)16-12;1-7(2)9-5-6-10-11(13-9)15(8(3)4)12(16)14-10;1-8(2)10-5-6-11-12(14-10)15(7-13-11)9(3)4;1-7(2)10-12-5-9-11(14-10)15(6-13-9)8(3)4/h5-10H,1-4H3;5-7,9-10H,8H2,1-4H3,(H,15,17);5-10H,1-4H3;5-9H,1-4H3;5-8H,1-4H3,(H,14,16);5-9H,1-4H3;5-8H,1-4H3. The molecular formula is C89H123N17O5. The normalized spacial score (nSPS) is 12.3. The molecule has 111 heavy (non-hydrogen) atoms. The molecule has 0 atom stereocenters. The maximum absolute atomic E-state index is 11.9. The number of oxazole rings is 1. The van der Waals surface area contributed by atoms with Gasteiger partial charge in [-0.15, -0.1) is 0 Å². The second-order valence-electron chi connectivity index (χ2n) is 33.0. The van der Waals surface area contributed by atoms with Gasteiger partial charge < -0.3 is 33.0 Å². The van der Waals surface area contributed by atoms with Crippen molar-refractivity contribution in [2.24, 2.45) is 0 Å². The van der Waals surface area contributed by atoms with Gasteiger partial charge in [0.2, 0.25) is 0 Å². The Labute approximate surface area is 655 Å². The van der Waals surface area contributed by atoms with E-state index in [1.165, 1.54) is 39.5 Å². The monoisotopic (exact) mass is 1510 g/mol. The lowest BCUT2D eigenvalue weighted by atomic mass is 9.98. The van der Waals surface area contributed by atoms with Crippen molar-refractivity contribution < 1.29 is 9.21 Å². The summed E-state index contributed by atoms with van der Waals surface area (Å²) in [7, 11) is 0. The van der Waals surface area contributed by atoms with E-state index in [-0.39, 0.29) is 47.2 Å². The molecule has 0 saturated heterocycles. The minimum absolute atomic E-state index is 0.00778. The molecule has 13 aromatic rings. The molecule has 4 aromatic carbocycles. The van der Waals surface area contributed by atoms with Crippen molar-refractivity contribution in [3.8, 4) is 0 Å². The summed E-state index contributed by atoms with van der Waals surface area (Å²) >= 11 is 0. The predicted molar refractivity (Wildman–Crippen MR) is 457 cm³/mol. The number of carbonyl (C=O) groups excluding carboxylic acids is 1. The third-order valence-corrected chi connectivity index (χ3v) is 19.5. The number of carbonyl (C=O) groups is 1. The number of pyridine rings is 2. The summed E-state index contributed by atoms with van der Waals surface area (Å²) in [5.41, 5.74) is 20.5. The summed E-state index contributed by atoms with van der Waals surface area (Å²) in [6.45, 7) is 59.6. The fourth-order valence-electron chi connectivity index (χ4n) is 12.9. The number of rotatable bonds is 14. The topological polar surface area (TPSA) is 245 Å². The van der Waals surface area contributed by atoms with Crippen LogP contribution in [0.3, 0.4) is 0 Å². The average Bonchev–Trinajstić information content (AvgIpc) is 1.71. The number of hydrogen-bond donors (Lipinski definition) is 2. The highest BCUT2D eigenvalue weighted by atomic mass is 16.4. The predicted octanol–water partition coefficient (Wildman–Crippen LogP) is 21.5. The van der Waals surface area contributed by atoms with E-state index in [2.05, 4.69) is 263 Å². The molecule has 14 rings (SSSR count). The van der Waals surface area contributed by atoms with Gasteiger partial charge in [0.15, 0.2) is 22.5 Å². The number of anilines is 1. The summed E-state index contributed by atoms with van der Waals surface area (Å²) in [6.07, 6.45) is 8.83. The first-order valence-corrected chi connectivity index (χ1v) is 39.8. The van der Waals surface area contributed by atoms with Crippen molar-refractivity contribution in [1.29, 1.82) is 0 Å². The van der Waals surface area contributed by atoms with Gasteiger partial charge in [-0.05, 0) is 227 Å². The van der Waals surface area contributed by atoms with Crippen molar-refractivity contribution in [1.82, 2.24) is 77.6 Å². The highest BCUT2D eigenvalue weighted by Gasteiger charge is 2.27. The van der Waals surface area contributed by atoms with Crippen LogP contribution < -0.4 is 27.2 Å². The van der Waals surface area contributed by atoms with Crippen molar-refractivity contribution in [3.63, 3.8) is 0 Å². The van der Waals surface area contributed by atoms with Gasteiger partial charge in [-0.1, -0.05) is 127 Å². The molecule has 1 aliphatic heterocycles. The summed E-state index contributed by atoms with van der Waals surface area (Å²) in [5, 5.41) is 2.91. The second-order valence-corrected chi connectivity index (χ2v) is 33.0. The molecule has 0 spiro atoms. The third kappa shape index (κ3) is 20.8. The lowest BCUT2D eigenvalue weighted by Crippen LogP contribution is -2.47. The molecule has 22 nitrogen and oxygen atoms in total. The van der Waals surface area contributed by atoms with Gasteiger partial charge in [-0.3, -0.25) is 18.8 Å². The molecule has 0 bridgehead atoms. The first kappa shape index (κ1) is 86.2. The zero-order valence-corrected chi connectivity index (χ0v) is 71.2. The van der Waals surface area contributed by atoms with E-state index in [9.17, 15) is 19.2 Å². The number of benzene rings is 4. The molecule has 0 saturated carbocycles. The Bertz CT molecular complexity index is 5130. The Morgan fingerprint density at radius 2 is 0.829 bits per heavy atom. The first-order chi connectivity index (χ1) is 52.3. The number of aromatic amines is 1. The van der Waals surface area contributed by atoms with E-state index >= 15 is 0 Å². The Balaban J connectivity index is 0.000000163. The van der Waals surface area contributed by atoms with E-state index < -0.39 is 0 Å². The third-order valence-electron chi connectivity index (χ3n) is 19.5. The van der Waals surface area contributed by atoms with Crippen LogP contribution in [-0.4, -0.2) is 84.3 Å². The molecule has 0 fully saturated rings. The van der Waals surface area contributed by atoms with Crippen LogP contribution in [0.15, 0.2) is 147 Å². The molecule has 0 unspecified atom stereocenters. The number of H-pyrrole nitrogens is 1. The highest BCUT2D eigenvalue weighted by Crippen LogP contribution is 2.32. The van der Waals surface area contributed by atoms with Crippen molar-refractivity contribution in [2.75, 3.05) is 4.90 Å². The summed E-state index contributed by atoms with van der Waals surface area (Å²) in [5.74, 6) is 3.76. The number of amides is 2. The van der Waals surface area contributed by atoms with Crippen LogP contribution in [0.2, 0.25) is 0 Å². The Morgan fingerprint density at radius 3 is 1.35 bits per heavy atom. The van der Waals surface area contributed by atoms with Crippen LogP contribution in [-0.2, 0) is 6.54 Å².